The van der Waals surface area contributed by atoms with E-state index in [4.69, 9.17) is 28.4 Å². The van der Waals surface area contributed by atoms with Gasteiger partial charge in [-0.05, 0) is 25.1 Å². The van der Waals surface area contributed by atoms with Crippen molar-refractivity contribution >= 4 is 18.0 Å². The second kappa shape index (κ2) is 9.66. The second-order valence-corrected chi connectivity index (χ2v) is 6.97. The minimum atomic E-state index is -1.18. The maximum Gasteiger partial charge on any atom is 0.511 e. The topological polar surface area (TPSA) is 110 Å². The predicted molar refractivity (Wildman–Crippen MR) is 101 cm³/mol. The highest BCUT2D eigenvalue weighted by Crippen LogP contribution is 2.33. The highest BCUT2D eigenvalue weighted by Gasteiger charge is 2.28. The fourth-order valence-electron chi connectivity index (χ4n) is 2.97. The van der Waals surface area contributed by atoms with Crippen LogP contribution in [-0.4, -0.2) is 68.4 Å². The Morgan fingerprint density at radius 3 is 2.50 bits per heavy atom. The fraction of sp³-hybridized carbons (Fsp3) is 0.550. The number of hydrogen-bond donors (Lipinski definition) is 0. The Morgan fingerprint density at radius 2 is 1.77 bits per heavy atom. The molecule has 10 nitrogen and oxygen atoms in total. The number of carbonyl (C=O) groups is 3. The van der Waals surface area contributed by atoms with Gasteiger partial charge < -0.3 is 33.3 Å². The number of nitrogens with zero attached hydrogens (tertiary/aromatic N) is 1. The van der Waals surface area contributed by atoms with Crippen molar-refractivity contribution < 1.29 is 42.8 Å². The maximum absolute atomic E-state index is 12.7. The summed E-state index contributed by atoms with van der Waals surface area (Å²) < 4.78 is 30.9. The van der Waals surface area contributed by atoms with E-state index in [1.807, 2.05) is 0 Å². The number of rotatable bonds is 6. The zero-order valence-electron chi connectivity index (χ0n) is 17.1. The molecule has 2 heterocycles. The number of ketones is 1. The Hall–Kier alpha value is -3.01. The van der Waals surface area contributed by atoms with Crippen molar-refractivity contribution in [2.24, 2.45) is 0 Å². The maximum atomic E-state index is 12.7. The molecule has 30 heavy (non-hydrogen) atoms. The molecule has 0 bridgehead atoms. The van der Waals surface area contributed by atoms with Crippen molar-refractivity contribution in [1.82, 2.24) is 4.90 Å². The summed E-state index contributed by atoms with van der Waals surface area (Å²) in [5.41, 5.74) is 0.371. The van der Waals surface area contributed by atoms with Crippen molar-refractivity contribution in [2.45, 2.75) is 45.1 Å². The van der Waals surface area contributed by atoms with Gasteiger partial charge in [-0.1, -0.05) is 0 Å². The van der Waals surface area contributed by atoms with Gasteiger partial charge in [0.1, 0.15) is 6.10 Å². The Bertz CT molecular complexity index is 790. The summed E-state index contributed by atoms with van der Waals surface area (Å²) in [6.07, 6.45) is -2.02. The average Bonchev–Trinajstić information content (AvgIpc) is 3.20. The van der Waals surface area contributed by atoms with Crippen molar-refractivity contribution in [3.63, 3.8) is 0 Å². The molecule has 2 aliphatic rings. The fourth-order valence-corrected chi connectivity index (χ4v) is 2.97. The quantitative estimate of drug-likeness (QED) is 0.387. The lowest BCUT2D eigenvalue weighted by Gasteiger charge is -2.26. The van der Waals surface area contributed by atoms with E-state index in [9.17, 15) is 14.4 Å². The number of amides is 1. The number of carbonyl (C=O) groups excluding carboxylic acids is 3. The highest BCUT2D eigenvalue weighted by atomic mass is 16.8. The minimum Gasteiger partial charge on any atom is -0.454 e. The Kier molecular flexibility index (Phi) is 6.99. The molecule has 3 rings (SSSR count). The lowest BCUT2D eigenvalue weighted by atomic mass is 10.0. The smallest absolute Gasteiger partial charge is 0.454 e. The third-order valence-electron chi connectivity index (χ3n) is 4.87. The molecule has 1 fully saturated rings. The van der Waals surface area contributed by atoms with Crippen LogP contribution in [0.3, 0.4) is 0 Å². The lowest BCUT2D eigenvalue weighted by Crippen LogP contribution is -2.42. The molecule has 0 aliphatic carbocycles. The molecule has 1 aromatic carbocycles. The van der Waals surface area contributed by atoms with Gasteiger partial charge in [-0.25, -0.2) is 9.59 Å². The van der Waals surface area contributed by atoms with Crippen molar-refractivity contribution in [2.75, 3.05) is 27.1 Å². The summed E-state index contributed by atoms with van der Waals surface area (Å²) in [6.45, 7) is 4.09. The first-order valence-electron chi connectivity index (χ1n) is 9.67. The second-order valence-electron chi connectivity index (χ2n) is 6.97. The molecule has 0 spiro atoms. The third-order valence-corrected chi connectivity index (χ3v) is 4.87. The Labute approximate surface area is 173 Å². The number of Topliss-reactive ketones (excluding diaryl/α,β-unsaturated/α-hetero) is 1. The van der Waals surface area contributed by atoms with Crippen LogP contribution in [0.2, 0.25) is 0 Å². The summed E-state index contributed by atoms with van der Waals surface area (Å²) in [7, 11) is 1.42. The van der Waals surface area contributed by atoms with Gasteiger partial charge in [0.15, 0.2) is 17.3 Å². The van der Waals surface area contributed by atoms with Crippen LogP contribution in [0.15, 0.2) is 18.2 Å². The first-order chi connectivity index (χ1) is 14.3. The summed E-state index contributed by atoms with van der Waals surface area (Å²) in [5, 5.41) is 0. The van der Waals surface area contributed by atoms with Crippen LogP contribution in [0, 0.1) is 0 Å². The Morgan fingerprint density at radius 1 is 1.07 bits per heavy atom. The van der Waals surface area contributed by atoms with E-state index in [2.05, 4.69) is 0 Å². The minimum absolute atomic E-state index is 0.101. The van der Waals surface area contributed by atoms with Gasteiger partial charge in [0.2, 0.25) is 13.1 Å². The van der Waals surface area contributed by atoms with Crippen LogP contribution < -0.4 is 9.47 Å². The van der Waals surface area contributed by atoms with E-state index in [-0.39, 0.29) is 18.7 Å². The van der Waals surface area contributed by atoms with E-state index in [1.54, 1.807) is 25.1 Å². The molecule has 0 aromatic heterocycles. The van der Waals surface area contributed by atoms with Gasteiger partial charge in [0, 0.05) is 32.4 Å². The predicted octanol–water partition coefficient (Wildman–Crippen LogP) is 2.73. The SMILES string of the molecule is CC(OC(=O)OC1CCOCC1)OC(=O)N(C)C(C)C(=O)c1ccc2c(c1)OCO2. The van der Waals surface area contributed by atoms with Crippen molar-refractivity contribution in [3.8, 4) is 11.5 Å². The number of fused-ring (bicyclic) bond motifs is 1. The van der Waals surface area contributed by atoms with Crippen molar-refractivity contribution in [3.05, 3.63) is 23.8 Å². The van der Waals surface area contributed by atoms with E-state index in [1.165, 1.54) is 14.0 Å². The van der Waals surface area contributed by atoms with Crippen LogP contribution in [-0.2, 0) is 18.9 Å². The Balaban J connectivity index is 1.48. The number of hydrogen-bond acceptors (Lipinski definition) is 9. The van der Waals surface area contributed by atoms with Gasteiger partial charge in [0.05, 0.1) is 19.3 Å². The van der Waals surface area contributed by atoms with Gasteiger partial charge in [0.25, 0.3) is 0 Å². The molecule has 0 radical (unpaired) electrons. The molecule has 1 aromatic rings. The van der Waals surface area contributed by atoms with Crippen LogP contribution in [0.4, 0.5) is 9.59 Å². The molecular formula is C20H25NO9. The number of benzene rings is 1. The molecule has 0 saturated carbocycles. The molecule has 2 atom stereocenters. The summed E-state index contributed by atoms with van der Waals surface area (Å²) in [4.78, 5) is 38.0. The summed E-state index contributed by atoms with van der Waals surface area (Å²) >= 11 is 0. The molecular weight excluding hydrogens is 398 g/mol. The molecule has 2 unspecified atom stereocenters. The van der Waals surface area contributed by atoms with E-state index < -0.39 is 24.6 Å². The van der Waals surface area contributed by atoms with E-state index in [0.29, 0.717) is 43.1 Å². The average molecular weight is 423 g/mol. The van der Waals surface area contributed by atoms with Crippen molar-refractivity contribution in [1.29, 1.82) is 0 Å². The number of ether oxygens (including phenoxy) is 6. The van der Waals surface area contributed by atoms with Gasteiger partial charge in [-0.15, -0.1) is 0 Å². The largest absolute Gasteiger partial charge is 0.511 e. The summed E-state index contributed by atoms with van der Waals surface area (Å²) in [6, 6.07) is 3.99. The zero-order chi connectivity index (χ0) is 21.7. The molecule has 1 amide bonds. The number of likely N-dealkylation sites (N-methyl/N-ethyl adjacent to an activating group) is 1. The standard InChI is InChI=1S/C20H25NO9/c1-12(18(22)14-4-5-16-17(10-14)27-11-26-16)21(3)19(23)28-13(2)29-20(24)30-15-6-8-25-9-7-15/h4-5,10,12-13,15H,6-9,11H2,1-3H3. The monoisotopic (exact) mass is 423 g/mol. The van der Waals surface area contributed by atoms with Crippen LogP contribution >= 0.6 is 0 Å². The van der Waals surface area contributed by atoms with Crippen LogP contribution in [0.25, 0.3) is 0 Å². The first kappa shape index (κ1) is 21.7. The molecule has 10 heteroatoms. The highest BCUT2D eigenvalue weighted by molar-refractivity contribution is 6.01. The van der Waals surface area contributed by atoms with E-state index in [0.717, 1.165) is 4.90 Å². The van der Waals surface area contributed by atoms with Gasteiger partial charge in [-0.3, -0.25) is 4.79 Å². The van der Waals surface area contributed by atoms with E-state index >= 15 is 0 Å². The molecule has 164 valence electrons. The molecule has 2 aliphatic heterocycles. The lowest BCUT2D eigenvalue weighted by molar-refractivity contribution is -0.0983. The molecule has 0 N–H and O–H groups in total. The normalized spacial score (nSPS) is 17.6. The van der Waals surface area contributed by atoms with Gasteiger partial charge in [-0.2, -0.15) is 0 Å². The zero-order valence-corrected chi connectivity index (χ0v) is 17.1. The summed E-state index contributed by atoms with van der Waals surface area (Å²) in [5.74, 6) is 0.731. The van der Waals surface area contributed by atoms with Crippen LogP contribution in [0.1, 0.15) is 37.0 Å². The first-order valence-corrected chi connectivity index (χ1v) is 9.67. The van der Waals surface area contributed by atoms with Gasteiger partial charge >= 0.3 is 12.2 Å². The molecule has 1 saturated heterocycles. The van der Waals surface area contributed by atoms with Crippen LogP contribution in [0.5, 0.6) is 11.5 Å². The third kappa shape index (κ3) is 5.32.